The van der Waals surface area contributed by atoms with E-state index in [0.29, 0.717) is 12.0 Å². The van der Waals surface area contributed by atoms with Crippen LogP contribution < -0.4 is 16.0 Å². The molecule has 0 radical (unpaired) electrons. The summed E-state index contributed by atoms with van der Waals surface area (Å²) in [7, 11) is 1.98. The first-order valence-corrected chi connectivity index (χ1v) is 10.3. The van der Waals surface area contributed by atoms with Crippen LogP contribution in [0.5, 0.6) is 0 Å². The van der Waals surface area contributed by atoms with Gasteiger partial charge in [-0.15, -0.1) is 11.3 Å². The van der Waals surface area contributed by atoms with Crippen molar-refractivity contribution in [2.24, 2.45) is 7.05 Å². The lowest BCUT2D eigenvalue weighted by Crippen LogP contribution is -2.39. The van der Waals surface area contributed by atoms with Crippen LogP contribution in [0, 0.1) is 0 Å². The van der Waals surface area contributed by atoms with Gasteiger partial charge >= 0.3 is 0 Å². The van der Waals surface area contributed by atoms with Gasteiger partial charge in [-0.2, -0.15) is 4.98 Å². The predicted molar refractivity (Wildman–Crippen MR) is 114 cm³/mol. The first-order chi connectivity index (χ1) is 13.6. The van der Waals surface area contributed by atoms with E-state index < -0.39 is 0 Å². The van der Waals surface area contributed by atoms with Gasteiger partial charge in [-0.3, -0.25) is 4.79 Å². The molecule has 7 nitrogen and oxygen atoms in total. The number of hydrogen-bond donors (Lipinski definition) is 3. The first-order valence-electron chi connectivity index (χ1n) is 9.44. The van der Waals surface area contributed by atoms with E-state index >= 15 is 0 Å². The maximum absolute atomic E-state index is 11.5. The lowest BCUT2D eigenvalue weighted by Gasteiger charge is -2.29. The van der Waals surface area contributed by atoms with E-state index in [1.165, 1.54) is 6.08 Å². The van der Waals surface area contributed by atoms with Crippen LogP contribution in [0.25, 0.3) is 10.2 Å². The Morgan fingerprint density at radius 1 is 1.25 bits per heavy atom. The molecule has 0 unspecified atom stereocenters. The van der Waals surface area contributed by atoms with Crippen molar-refractivity contribution < 1.29 is 4.79 Å². The molecule has 1 amide bonds. The molecule has 0 atom stereocenters. The molecule has 8 heteroatoms. The first kappa shape index (κ1) is 18.5. The standard InChI is InChI=1S/C20H24N6OS/c1-3-17(27)21-13-4-6-14(7-5-13)22-19-18-16(9-11-28-18)24-20(25-19)23-15-8-10-26(2)12-15/h3,8-14H,1,4-7H2,2H3,(H,21,27)(H2,22,23,24,25)/t13-,14+. The van der Waals surface area contributed by atoms with Crippen molar-refractivity contribution in [3.05, 3.63) is 42.6 Å². The topological polar surface area (TPSA) is 83.9 Å². The van der Waals surface area contributed by atoms with E-state index in [2.05, 4.69) is 27.5 Å². The van der Waals surface area contributed by atoms with Crippen LogP contribution in [0.4, 0.5) is 17.5 Å². The van der Waals surface area contributed by atoms with Gasteiger partial charge in [0, 0.05) is 31.5 Å². The normalized spacial score (nSPS) is 19.3. The zero-order chi connectivity index (χ0) is 19.5. The molecule has 0 aliphatic heterocycles. The number of nitrogens with zero attached hydrogens (tertiary/aromatic N) is 3. The lowest BCUT2D eigenvalue weighted by molar-refractivity contribution is -0.117. The minimum Gasteiger partial charge on any atom is -0.366 e. The molecular formula is C20H24N6OS. The minimum atomic E-state index is -0.0934. The van der Waals surface area contributed by atoms with E-state index in [9.17, 15) is 4.79 Å². The highest BCUT2D eigenvalue weighted by molar-refractivity contribution is 7.17. The molecule has 3 heterocycles. The quantitative estimate of drug-likeness (QED) is 0.552. The zero-order valence-electron chi connectivity index (χ0n) is 15.8. The number of nitrogens with one attached hydrogen (secondary N) is 3. The van der Waals surface area contributed by atoms with Crippen molar-refractivity contribution in [3.8, 4) is 0 Å². The van der Waals surface area contributed by atoms with Crippen LogP contribution in [0.15, 0.2) is 42.6 Å². The highest BCUT2D eigenvalue weighted by Gasteiger charge is 2.23. The molecule has 1 saturated carbocycles. The van der Waals surface area contributed by atoms with Gasteiger partial charge in [0.05, 0.1) is 15.9 Å². The molecule has 0 spiro atoms. The SMILES string of the molecule is C=CC(=O)N[C@H]1CC[C@@H](Nc2nc(Nc3ccn(C)c3)nc3ccsc23)CC1. The number of anilines is 3. The van der Waals surface area contributed by atoms with Gasteiger partial charge in [0.25, 0.3) is 0 Å². The maximum Gasteiger partial charge on any atom is 0.243 e. The van der Waals surface area contributed by atoms with Crippen LogP contribution in [-0.4, -0.2) is 32.5 Å². The zero-order valence-corrected chi connectivity index (χ0v) is 16.6. The van der Waals surface area contributed by atoms with Gasteiger partial charge in [-0.05, 0) is 49.3 Å². The monoisotopic (exact) mass is 396 g/mol. The fourth-order valence-corrected chi connectivity index (χ4v) is 4.34. The largest absolute Gasteiger partial charge is 0.366 e. The van der Waals surface area contributed by atoms with Crippen LogP contribution in [0.1, 0.15) is 25.7 Å². The summed E-state index contributed by atoms with van der Waals surface area (Å²) in [5, 5.41) is 11.9. The van der Waals surface area contributed by atoms with Crippen molar-refractivity contribution in [1.29, 1.82) is 0 Å². The highest BCUT2D eigenvalue weighted by Crippen LogP contribution is 2.31. The van der Waals surface area contributed by atoms with E-state index in [0.717, 1.165) is 47.4 Å². The molecule has 0 saturated heterocycles. The van der Waals surface area contributed by atoms with Gasteiger partial charge in [-0.1, -0.05) is 6.58 Å². The Morgan fingerprint density at radius 3 is 2.75 bits per heavy atom. The Bertz CT molecular complexity index is 986. The molecule has 0 aromatic carbocycles. The van der Waals surface area contributed by atoms with Crippen molar-refractivity contribution in [3.63, 3.8) is 0 Å². The average molecular weight is 397 g/mol. The highest BCUT2D eigenvalue weighted by atomic mass is 32.1. The van der Waals surface area contributed by atoms with E-state index in [-0.39, 0.29) is 11.9 Å². The number of fused-ring (bicyclic) bond motifs is 1. The smallest absolute Gasteiger partial charge is 0.243 e. The van der Waals surface area contributed by atoms with E-state index in [1.807, 2.05) is 41.5 Å². The Kier molecular flexibility index (Phi) is 5.29. The average Bonchev–Trinajstić information content (AvgIpc) is 3.32. The number of amides is 1. The number of thiophene rings is 1. The molecule has 3 aromatic rings. The number of rotatable bonds is 6. The number of carbonyl (C=O) groups is 1. The summed E-state index contributed by atoms with van der Waals surface area (Å²) < 4.78 is 3.05. The fourth-order valence-electron chi connectivity index (χ4n) is 3.56. The molecule has 1 aliphatic carbocycles. The second-order valence-electron chi connectivity index (χ2n) is 7.13. The van der Waals surface area contributed by atoms with Crippen molar-refractivity contribution >= 4 is 44.9 Å². The third-order valence-electron chi connectivity index (χ3n) is 4.99. The van der Waals surface area contributed by atoms with Crippen molar-refractivity contribution in [1.82, 2.24) is 19.9 Å². The summed E-state index contributed by atoms with van der Waals surface area (Å²) >= 11 is 1.65. The second-order valence-corrected chi connectivity index (χ2v) is 8.04. The van der Waals surface area contributed by atoms with Crippen LogP contribution in [-0.2, 0) is 11.8 Å². The maximum atomic E-state index is 11.5. The summed E-state index contributed by atoms with van der Waals surface area (Å²) in [6, 6.07) is 4.57. The Balaban J connectivity index is 1.47. The molecule has 146 valence electrons. The van der Waals surface area contributed by atoms with Gasteiger partial charge in [0.1, 0.15) is 5.82 Å². The molecule has 28 heavy (non-hydrogen) atoms. The molecule has 1 fully saturated rings. The summed E-state index contributed by atoms with van der Waals surface area (Å²) in [5.41, 5.74) is 1.90. The van der Waals surface area contributed by atoms with Gasteiger partial charge in [-0.25, -0.2) is 4.98 Å². The summed E-state index contributed by atoms with van der Waals surface area (Å²) in [6.45, 7) is 3.52. The molecule has 0 bridgehead atoms. The Hall–Kier alpha value is -2.87. The molecular weight excluding hydrogens is 372 g/mol. The molecule has 1 aliphatic rings. The van der Waals surface area contributed by atoms with Crippen LogP contribution in [0.3, 0.4) is 0 Å². The molecule has 4 rings (SSSR count). The van der Waals surface area contributed by atoms with E-state index in [1.54, 1.807) is 11.3 Å². The third-order valence-corrected chi connectivity index (χ3v) is 5.90. The fraction of sp³-hybridized carbons (Fsp3) is 0.350. The number of aromatic nitrogens is 3. The lowest BCUT2D eigenvalue weighted by atomic mass is 9.91. The van der Waals surface area contributed by atoms with Gasteiger partial charge < -0.3 is 20.5 Å². The minimum absolute atomic E-state index is 0.0934. The molecule has 3 N–H and O–H groups in total. The number of hydrogen-bond acceptors (Lipinski definition) is 6. The Morgan fingerprint density at radius 2 is 2.04 bits per heavy atom. The van der Waals surface area contributed by atoms with Crippen LogP contribution in [0.2, 0.25) is 0 Å². The summed E-state index contributed by atoms with van der Waals surface area (Å²) in [6.07, 6.45) is 9.18. The Labute approximate surface area is 167 Å². The number of carbonyl (C=O) groups excluding carboxylic acids is 1. The van der Waals surface area contributed by atoms with E-state index in [4.69, 9.17) is 4.98 Å². The van der Waals surface area contributed by atoms with Crippen molar-refractivity contribution in [2.75, 3.05) is 10.6 Å². The second kappa shape index (κ2) is 8.02. The van der Waals surface area contributed by atoms with Gasteiger partial charge in [0.2, 0.25) is 11.9 Å². The predicted octanol–water partition coefficient (Wildman–Crippen LogP) is 3.80. The van der Waals surface area contributed by atoms with Crippen molar-refractivity contribution in [2.45, 2.75) is 37.8 Å². The van der Waals surface area contributed by atoms with Crippen LogP contribution >= 0.6 is 11.3 Å². The van der Waals surface area contributed by atoms with Gasteiger partial charge in [0.15, 0.2) is 0 Å². The summed E-state index contributed by atoms with van der Waals surface area (Å²) in [4.78, 5) is 20.9. The third kappa shape index (κ3) is 4.17. The molecule has 3 aromatic heterocycles. The summed E-state index contributed by atoms with van der Waals surface area (Å²) in [5.74, 6) is 1.37. The number of aryl methyl sites for hydroxylation is 1.